The second-order valence-corrected chi connectivity index (χ2v) is 22.5. The largest absolute Gasteiger partial charge is 0.444 e. The number of piperidine rings is 2. The maximum absolute atomic E-state index is 12.4. The number of benzene rings is 5. The number of anilines is 3. The van der Waals surface area contributed by atoms with Crippen molar-refractivity contribution in [2.24, 2.45) is 0 Å². The molecule has 76 heavy (non-hydrogen) atoms. The number of hydrogen-bond donors (Lipinski definition) is 3. The molecule has 3 heterocycles. The highest BCUT2D eigenvalue weighted by Gasteiger charge is 2.30. The molecule has 0 aliphatic carbocycles. The number of nitrogens with two attached hydrogens (primary N) is 1. The lowest BCUT2D eigenvalue weighted by Gasteiger charge is -2.34. The molecule has 4 N–H and O–H groups in total. The molecule has 3 aliphatic heterocycles. The van der Waals surface area contributed by atoms with Crippen LogP contribution in [0.25, 0.3) is 5.57 Å². The van der Waals surface area contributed by atoms with Crippen molar-refractivity contribution in [3.63, 3.8) is 0 Å². The average Bonchev–Trinajstić information content (AvgIpc) is 3.39. The number of hydrogen-bond acceptors (Lipinski definition) is 9. The Morgan fingerprint density at radius 1 is 0.487 bits per heavy atom. The molecule has 404 valence electrons. The second kappa shape index (κ2) is 26.2. The lowest BCUT2D eigenvalue weighted by Crippen LogP contribution is -2.42. The molecule has 0 spiro atoms. The van der Waals surface area contributed by atoms with E-state index in [0.29, 0.717) is 36.7 Å². The molecule has 0 unspecified atom stereocenters. The summed E-state index contributed by atoms with van der Waals surface area (Å²) in [5.41, 5.74) is 12.3. The zero-order valence-corrected chi connectivity index (χ0v) is 45.9. The minimum absolute atomic E-state index is 0.123. The lowest BCUT2D eigenvalue weighted by atomic mass is 9.90. The number of nitrogen functional groups attached to an aromatic ring is 1. The minimum Gasteiger partial charge on any atom is -0.444 e. The standard InChI is InChI=1S/C23H28N2O3.C23H26N2O3.C16H24N2O2/c2*1-23(2,3)28-22(27)25-15-7-10-19(16-25)17-11-13-20(14-12-17)24-21(26)18-8-5-4-6-9-18;1-16(2,3)20-15(19)18-10-4-5-13(11-18)12-6-8-14(17)9-7-12/h4-6,8-9,11-14,19H,7,10,15-16H2,1-3H3,(H,24,26);4-6,8-14H,7,15-16H2,1-3H3,(H,24,26);6-9,13H,4-5,10-11,17H2,1-3H3/t19-;;13-/m1.1/s1. The number of nitrogens with one attached hydrogen (secondary N) is 2. The van der Waals surface area contributed by atoms with E-state index in [2.05, 4.69) is 28.8 Å². The maximum Gasteiger partial charge on any atom is 0.410 e. The predicted molar refractivity (Wildman–Crippen MR) is 302 cm³/mol. The molecule has 0 aromatic heterocycles. The zero-order chi connectivity index (χ0) is 55.0. The fourth-order valence-electron chi connectivity index (χ4n) is 8.88. The van der Waals surface area contributed by atoms with Crippen LogP contribution in [0.4, 0.5) is 31.4 Å². The van der Waals surface area contributed by atoms with Crippen molar-refractivity contribution < 1.29 is 38.2 Å². The van der Waals surface area contributed by atoms with Gasteiger partial charge in [0, 0.05) is 79.3 Å². The molecule has 2 atom stereocenters. The Hall–Kier alpha value is -7.61. The highest BCUT2D eigenvalue weighted by atomic mass is 16.6. The van der Waals surface area contributed by atoms with Crippen LogP contribution in [0.3, 0.4) is 0 Å². The van der Waals surface area contributed by atoms with E-state index in [-0.39, 0.29) is 36.0 Å². The summed E-state index contributed by atoms with van der Waals surface area (Å²) in [6.07, 6.45) is 6.30. The highest BCUT2D eigenvalue weighted by Crippen LogP contribution is 2.31. The van der Waals surface area contributed by atoms with Gasteiger partial charge in [-0.3, -0.25) is 9.59 Å². The minimum atomic E-state index is -0.503. The number of carbonyl (C=O) groups is 5. The fourth-order valence-corrected chi connectivity index (χ4v) is 8.88. The van der Waals surface area contributed by atoms with Gasteiger partial charge in [-0.25, -0.2) is 14.4 Å². The molecule has 0 saturated carbocycles. The monoisotopic (exact) mass is 1030 g/mol. The van der Waals surface area contributed by atoms with Crippen LogP contribution in [0.1, 0.15) is 144 Å². The van der Waals surface area contributed by atoms with E-state index in [9.17, 15) is 24.0 Å². The Labute approximate surface area is 450 Å². The lowest BCUT2D eigenvalue weighted by molar-refractivity contribution is 0.0188. The smallest absolute Gasteiger partial charge is 0.410 e. The quantitative estimate of drug-likeness (QED) is 0.106. The van der Waals surface area contributed by atoms with E-state index in [1.54, 1.807) is 34.1 Å². The van der Waals surface area contributed by atoms with Gasteiger partial charge >= 0.3 is 18.3 Å². The normalized spacial score (nSPS) is 16.8. The van der Waals surface area contributed by atoms with Crippen molar-refractivity contribution in [2.45, 2.75) is 123 Å². The zero-order valence-electron chi connectivity index (χ0n) is 45.9. The first kappa shape index (κ1) is 57.7. The average molecular weight is 1040 g/mol. The molecule has 5 aromatic carbocycles. The molecular formula is C62H78N6O8. The first-order chi connectivity index (χ1) is 36.0. The second-order valence-electron chi connectivity index (χ2n) is 22.5. The third kappa shape index (κ3) is 18.6. The first-order valence-electron chi connectivity index (χ1n) is 26.4. The van der Waals surface area contributed by atoms with E-state index in [1.165, 1.54) is 11.1 Å². The molecule has 5 aromatic rings. The summed E-state index contributed by atoms with van der Waals surface area (Å²) in [5.74, 6) is 0.389. The SMILES string of the molecule is CC(C)(C)OC(=O)N1CCC=C(c2ccc(NC(=O)c3ccccc3)cc2)C1.CC(C)(C)OC(=O)N1CCC[C@@H](c2ccc(N)cc2)C1.CC(C)(C)OC(=O)N1CCC[C@@H](c2ccc(NC(=O)c3ccccc3)cc2)C1. The number of nitrogens with zero attached hydrogens (tertiary/aromatic N) is 3. The number of ether oxygens (including phenoxy) is 3. The Balaban J connectivity index is 0.000000188. The van der Waals surface area contributed by atoms with Crippen LogP contribution in [-0.4, -0.2) is 101 Å². The van der Waals surface area contributed by atoms with E-state index in [1.807, 2.05) is 164 Å². The Kier molecular flexibility index (Phi) is 19.9. The van der Waals surface area contributed by atoms with Gasteiger partial charge in [-0.05, 0) is 177 Å². The Morgan fingerprint density at radius 3 is 1.28 bits per heavy atom. The summed E-state index contributed by atoms with van der Waals surface area (Å²) in [7, 11) is 0. The van der Waals surface area contributed by atoms with Crippen LogP contribution in [0.2, 0.25) is 0 Å². The molecule has 14 nitrogen and oxygen atoms in total. The van der Waals surface area contributed by atoms with Gasteiger partial charge in [0.05, 0.1) is 0 Å². The van der Waals surface area contributed by atoms with Gasteiger partial charge in [0.2, 0.25) is 0 Å². The summed E-state index contributed by atoms with van der Waals surface area (Å²) in [5, 5.41) is 5.82. The Morgan fingerprint density at radius 2 is 0.868 bits per heavy atom. The topological polar surface area (TPSA) is 173 Å². The molecule has 0 bridgehead atoms. The molecule has 5 amide bonds. The molecule has 2 fully saturated rings. The van der Waals surface area contributed by atoms with Crippen molar-refractivity contribution in [1.29, 1.82) is 0 Å². The third-order valence-corrected chi connectivity index (χ3v) is 12.6. The van der Waals surface area contributed by atoms with Gasteiger partial charge < -0.3 is 45.3 Å². The van der Waals surface area contributed by atoms with Gasteiger partial charge in [0.15, 0.2) is 0 Å². The molecule has 0 radical (unpaired) electrons. The Bertz CT molecular complexity index is 2730. The van der Waals surface area contributed by atoms with Crippen LogP contribution >= 0.6 is 0 Å². The summed E-state index contributed by atoms with van der Waals surface area (Å²) >= 11 is 0. The summed E-state index contributed by atoms with van der Waals surface area (Å²) in [4.78, 5) is 66.7. The third-order valence-electron chi connectivity index (χ3n) is 12.6. The van der Waals surface area contributed by atoms with Crippen molar-refractivity contribution in [2.75, 3.05) is 55.6 Å². The van der Waals surface area contributed by atoms with E-state index in [0.717, 1.165) is 79.9 Å². The van der Waals surface area contributed by atoms with Crippen molar-refractivity contribution >= 4 is 52.7 Å². The highest BCUT2D eigenvalue weighted by molar-refractivity contribution is 6.05. The van der Waals surface area contributed by atoms with E-state index in [4.69, 9.17) is 19.9 Å². The summed E-state index contributed by atoms with van der Waals surface area (Å²) in [6.45, 7) is 21.0. The number of amides is 5. The maximum atomic E-state index is 12.4. The summed E-state index contributed by atoms with van der Waals surface area (Å²) < 4.78 is 16.4. The van der Waals surface area contributed by atoms with Gasteiger partial charge in [0.25, 0.3) is 11.8 Å². The predicted octanol–water partition coefficient (Wildman–Crippen LogP) is 13.4. The van der Waals surface area contributed by atoms with Crippen LogP contribution in [0.15, 0.2) is 140 Å². The van der Waals surface area contributed by atoms with E-state index < -0.39 is 16.8 Å². The van der Waals surface area contributed by atoms with Crippen LogP contribution < -0.4 is 16.4 Å². The fraction of sp³-hybridized carbons (Fsp3) is 0.403. The first-order valence-corrected chi connectivity index (χ1v) is 26.4. The van der Waals surface area contributed by atoms with Gasteiger partial charge in [-0.15, -0.1) is 0 Å². The van der Waals surface area contributed by atoms with E-state index >= 15 is 0 Å². The van der Waals surface area contributed by atoms with Crippen molar-refractivity contribution in [1.82, 2.24) is 14.7 Å². The molecule has 3 aliphatic rings. The molecular weight excluding hydrogens is 957 g/mol. The molecule has 8 rings (SSSR count). The van der Waals surface area contributed by atoms with Crippen LogP contribution in [0, 0.1) is 0 Å². The number of carbonyl (C=O) groups excluding carboxylic acids is 5. The van der Waals surface area contributed by atoms with Crippen molar-refractivity contribution in [3.05, 3.63) is 167 Å². The number of rotatable bonds is 7. The van der Waals surface area contributed by atoms with Crippen molar-refractivity contribution in [3.8, 4) is 0 Å². The van der Waals surface area contributed by atoms with Gasteiger partial charge in [-0.2, -0.15) is 0 Å². The molecule has 2 saturated heterocycles. The van der Waals surface area contributed by atoms with Gasteiger partial charge in [0.1, 0.15) is 16.8 Å². The van der Waals surface area contributed by atoms with Crippen LogP contribution in [0.5, 0.6) is 0 Å². The van der Waals surface area contributed by atoms with Gasteiger partial charge in [-0.1, -0.05) is 78.9 Å². The molecule has 14 heteroatoms. The van der Waals surface area contributed by atoms with Crippen LogP contribution in [-0.2, 0) is 14.2 Å². The summed E-state index contributed by atoms with van der Waals surface area (Å²) in [6, 6.07) is 41.8. The number of likely N-dealkylation sites (tertiary alicyclic amines) is 2.